The monoisotopic (exact) mass is 515 g/mol. The molecule has 1 aliphatic heterocycles. The smallest absolute Gasteiger partial charge is 0.326 e. The Kier molecular flexibility index (Phi) is 8.66. The number of fused-ring (bicyclic) bond motifs is 1. The van der Waals surface area contributed by atoms with Gasteiger partial charge in [-0.15, -0.1) is 0 Å². The maximum Gasteiger partial charge on any atom is 0.326 e. The first-order valence-electron chi connectivity index (χ1n) is 10.7. The van der Waals surface area contributed by atoms with Crippen LogP contribution >= 0.6 is 22.9 Å². The number of esters is 1. The highest BCUT2D eigenvalue weighted by molar-refractivity contribution is 7.92. The van der Waals surface area contributed by atoms with E-state index in [4.69, 9.17) is 16.3 Å². The predicted molar refractivity (Wildman–Crippen MR) is 126 cm³/mol. The molecule has 2 heterocycles. The summed E-state index contributed by atoms with van der Waals surface area (Å²) in [6.07, 6.45) is 3.72. The summed E-state index contributed by atoms with van der Waals surface area (Å²) in [6.45, 7) is 2.75. The molecule has 0 bridgehead atoms. The van der Waals surface area contributed by atoms with Crippen LogP contribution in [0.1, 0.15) is 32.6 Å². The third-order valence-corrected chi connectivity index (χ3v) is 7.75. The number of likely N-dealkylation sites (tertiary alicyclic amines) is 1. The van der Waals surface area contributed by atoms with Crippen molar-refractivity contribution < 1.29 is 27.5 Å². The molecule has 1 aliphatic rings. The van der Waals surface area contributed by atoms with Gasteiger partial charge in [-0.2, -0.15) is 4.99 Å². The van der Waals surface area contributed by atoms with Crippen LogP contribution in [0.15, 0.2) is 23.2 Å². The number of nitrogens with zero attached hydrogens (tertiary/aromatic N) is 3. The highest BCUT2D eigenvalue weighted by Crippen LogP contribution is 2.22. The summed E-state index contributed by atoms with van der Waals surface area (Å²) >= 11 is 7.15. The molecule has 0 aliphatic carbocycles. The second kappa shape index (κ2) is 11.3. The molecule has 1 saturated heterocycles. The zero-order valence-electron chi connectivity index (χ0n) is 18.3. The van der Waals surface area contributed by atoms with Crippen molar-refractivity contribution in [2.75, 3.05) is 31.2 Å². The van der Waals surface area contributed by atoms with Gasteiger partial charge in [-0.1, -0.05) is 35.8 Å². The lowest BCUT2D eigenvalue weighted by atomic mass is 10.2. The van der Waals surface area contributed by atoms with Crippen LogP contribution in [0.5, 0.6) is 0 Å². The summed E-state index contributed by atoms with van der Waals surface area (Å²) in [7, 11) is -3.99. The average molecular weight is 516 g/mol. The molecule has 1 fully saturated rings. The molecule has 0 radical (unpaired) electrons. The molecule has 2 aromatic rings. The van der Waals surface area contributed by atoms with Gasteiger partial charge in [0.25, 0.3) is 5.91 Å². The van der Waals surface area contributed by atoms with Crippen LogP contribution in [0.25, 0.3) is 10.2 Å². The number of hydrogen-bond acceptors (Lipinski definition) is 7. The number of benzene rings is 1. The quantitative estimate of drug-likeness (QED) is 0.522. The zero-order chi connectivity index (χ0) is 24.0. The van der Waals surface area contributed by atoms with Crippen molar-refractivity contribution in [3.63, 3.8) is 0 Å². The van der Waals surface area contributed by atoms with Crippen LogP contribution < -0.4 is 4.80 Å². The van der Waals surface area contributed by atoms with E-state index in [0.717, 1.165) is 37.0 Å². The van der Waals surface area contributed by atoms with Crippen LogP contribution in [0, 0.1) is 0 Å². The number of ether oxygens (including phenoxy) is 1. The molecule has 1 aromatic heterocycles. The number of hydrogen-bond donors (Lipinski definition) is 0. The highest BCUT2D eigenvalue weighted by Gasteiger charge is 2.25. The van der Waals surface area contributed by atoms with Crippen LogP contribution in [0.3, 0.4) is 0 Å². The number of carbonyl (C=O) groups is 3. The number of amides is 2. The van der Waals surface area contributed by atoms with Crippen LogP contribution in [0.2, 0.25) is 5.02 Å². The second-order valence-electron chi connectivity index (χ2n) is 7.72. The van der Waals surface area contributed by atoms with Crippen molar-refractivity contribution in [2.24, 2.45) is 4.99 Å². The zero-order valence-corrected chi connectivity index (χ0v) is 20.7. The minimum Gasteiger partial charge on any atom is -0.465 e. The van der Waals surface area contributed by atoms with Crippen LogP contribution in [-0.2, 0) is 35.5 Å². The lowest BCUT2D eigenvalue weighted by Gasteiger charge is -2.19. The Morgan fingerprint density at radius 1 is 1.12 bits per heavy atom. The van der Waals surface area contributed by atoms with Gasteiger partial charge < -0.3 is 14.2 Å². The van der Waals surface area contributed by atoms with Crippen molar-refractivity contribution in [1.82, 2.24) is 9.47 Å². The summed E-state index contributed by atoms with van der Waals surface area (Å²) in [5, 5.41) is 0.472. The third kappa shape index (κ3) is 7.12. The average Bonchev–Trinajstić information content (AvgIpc) is 2.90. The molecule has 0 unspecified atom stereocenters. The molecular weight excluding hydrogens is 490 g/mol. The molecular formula is C21H26ClN3O6S2. The van der Waals surface area contributed by atoms with Crippen molar-refractivity contribution >= 4 is 60.8 Å². The van der Waals surface area contributed by atoms with E-state index in [-0.39, 0.29) is 18.0 Å². The van der Waals surface area contributed by atoms with Gasteiger partial charge >= 0.3 is 5.97 Å². The summed E-state index contributed by atoms with van der Waals surface area (Å²) in [5.41, 5.74) is 0.614. The van der Waals surface area contributed by atoms with Crippen molar-refractivity contribution in [3.05, 3.63) is 28.0 Å². The molecule has 9 nitrogen and oxygen atoms in total. The van der Waals surface area contributed by atoms with Crippen molar-refractivity contribution in [2.45, 2.75) is 39.2 Å². The van der Waals surface area contributed by atoms with E-state index in [1.165, 1.54) is 4.57 Å². The Morgan fingerprint density at radius 2 is 1.82 bits per heavy atom. The Bertz CT molecular complexity index is 1210. The van der Waals surface area contributed by atoms with Gasteiger partial charge in [0.05, 0.1) is 16.8 Å². The van der Waals surface area contributed by atoms with E-state index in [0.29, 0.717) is 28.3 Å². The molecule has 2 amide bonds. The first kappa shape index (κ1) is 25.4. The van der Waals surface area contributed by atoms with Gasteiger partial charge in [0.1, 0.15) is 18.1 Å². The van der Waals surface area contributed by atoms with Crippen LogP contribution in [0.4, 0.5) is 0 Å². The SMILES string of the molecule is CCOC(=O)Cn1c(=NC(=O)CS(=O)(=O)CC(=O)N2CCCCCC2)sc2cc(Cl)ccc21. The van der Waals surface area contributed by atoms with Crippen molar-refractivity contribution in [1.29, 1.82) is 0 Å². The number of halogens is 1. The van der Waals surface area contributed by atoms with Crippen LogP contribution in [-0.4, -0.2) is 66.9 Å². The standard InChI is InChI=1S/C21H26ClN3O6S2/c1-2-31-20(28)12-25-16-8-7-15(22)11-17(16)32-21(25)23-18(26)13-33(29,30)14-19(27)24-9-5-3-4-6-10-24/h7-8,11H,2-6,9-10,12-14H2,1H3. The molecule has 0 N–H and O–H groups in total. The minimum absolute atomic E-state index is 0.152. The Morgan fingerprint density at radius 3 is 2.48 bits per heavy atom. The number of thiazole rings is 1. The first-order chi connectivity index (χ1) is 15.7. The number of rotatable bonds is 7. The van der Waals surface area contributed by atoms with E-state index in [1.807, 2.05) is 0 Å². The maximum atomic E-state index is 12.5. The number of sulfone groups is 1. The molecule has 0 spiro atoms. The number of carbonyl (C=O) groups excluding carboxylic acids is 3. The Hall–Kier alpha value is -2.24. The maximum absolute atomic E-state index is 12.5. The molecule has 1 aromatic carbocycles. The third-order valence-electron chi connectivity index (χ3n) is 5.10. The van der Waals surface area contributed by atoms with Gasteiger partial charge in [-0.3, -0.25) is 14.4 Å². The van der Waals surface area contributed by atoms with E-state index in [1.54, 1.807) is 30.0 Å². The molecule has 12 heteroatoms. The molecule has 33 heavy (non-hydrogen) atoms. The largest absolute Gasteiger partial charge is 0.465 e. The lowest BCUT2D eigenvalue weighted by Crippen LogP contribution is -2.37. The van der Waals surface area contributed by atoms with Gasteiger partial charge in [-0.05, 0) is 38.0 Å². The van der Waals surface area contributed by atoms with Gasteiger partial charge in [0.2, 0.25) is 5.91 Å². The second-order valence-corrected chi connectivity index (χ2v) is 11.2. The number of aromatic nitrogens is 1. The summed E-state index contributed by atoms with van der Waals surface area (Å²) in [4.78, 5) is 42.7. The fourth-order valence-electron chi connectivity index (χ4n) is 3.60. The van der Waals surface area contributed by atoms with E-state index in [9.17, 15) is 22.8 Å². The van der Waals surface area contributed by atoms with Gasteiger partial charge in [0.15, 0.2) is 14.6 Å². The predicted octanol–water partition coefficient (Wildman–Crippen LogP) is 2.16. The van der Waals surface area contributed by atoms with E-state index >= 15 is 0 Å². The highest BCUT2D eigenvalue weighted by atomic mass is 35.5. The Balaban J connectivity index is 1.81. The van der Waals surface area contributed by atoms with E-state index in [2.05, 4.69) is 4.99 Å². The van der Waals surface area contributed by atoms with Gasteiger partial charge in [-0.25, -0.2) is 8.42 Å². The summed E-state index contributed by atoms with van der Waals surface area (Å²) in [5.74, 6) is -3.52. The molecule has 0 atom stereocenters. The molecule has 0 saturated carbocycles. The minimum atomic E-state index is -3.99. The topological polar surface area (TPSA) is 115 Å². The first-order valence-corrected chi connectivity index (χ1v) is 13.7. The molecule has 180 valence electrons. The fraction of sp³-hybridized carbons (Fsp3) is 0.524. The molecule has 3 rings (SSSR count). The summed E-state index contributed by atoms with van der Waals surface area (Å²) in [6, 6.07) is 5.00. The Labute approximate surface area is 200 Å². The fourth-order valence-corrected chi connectivity index (χ4v) is 6.02. The normalized spacial score (nSPS) is 15.5. The van der Waals surface area contributed by atoms with E-state index < -0.39 is 39.1 Å². The summed E-state index contributed by atoms with van der Waals surface area (Å²) < 4.78 is 32.2. The van der Waals surface area contributed by atoms with Crippen molar-refractivity contribution in [3.8, 4) is 0 Å². The lowest BCUT2D eigenvalue weighted by molar-refractivity contribution is -0.143. The van der Waals surface area contributed by atoms with Gasteiger partial charge in [0, 0.05) is 18.1 Å².